The molecule has 0 bridgehead atoms. The van der Waals surface area contributed by atoms with E-state index in [-0.39, 0.29) is 0 Å². The maximum absolute atomic E-state index is 12.6. The van der Waals surface area contributed by atoms with E-state index in [1.807, 2.05) is 79.7 Å². The van der Waals surface area contributed by atoms with Crippen molar-refractivity contribution in [2.75, 3.05) is 38.6 Å². The molecule has 0 aliphatic carbocycles. The fourth-order valence-electron chi connectivity index (χ4n) is 3.62. The Morgan fingerprint density at radius 1 is 1.00 bits per heavy atom. The van der Waals surface area contributed by atoms with E-state index >= 15 is 0 Å². The SMILES string of the molecule is CN(C)c1cc(-c2ccc(CN3CCN(CC=Cc4ccc(Cl)s4)C(=O)C3=O)cc2)ccn1. The first kappa shape index (κ1) is 23.0. The summed E-state index contributed by atoms with van der Waals surface area (Å²) >= 11 is 7.41. The maximum atomic E-state index is 12.6. The van der Waals surface area contributed by atoms with Crippen LogP contribution in [0.5, 0.6) is 0 Å². The van der Waals surface area contributed by atoms with Crippen molar-refractivity contribution in [3.63, 3.8) is 0 Å². The van der Waals surface area contributed by atoms with Crippen molar-refractivity contribution in [2.24, 2.45) is 0 Å². The highest BCUT2D eigenvalue weighted by atomic mass is 35.5. The summed E-state index contributed by atoms with van der Waals surface area (Å²) in [4.78, 5) is 35.8. The summed E-state index contributed by atoms with van der Waals surface area (Å²) in [5, 5.41) is 0. The summed E-state index contributed by atoms with van der Waals surface area (Å²) in [6, 6.07) is 15.9. The van der Waals surface area contributed by atoms with Gasteiger partial charge in [0.2, 0.25) is 0 Å². The van der Waals surface area contributed by atoms with Gasteiger partial charge in [-0.25, -0.2) is 4.98 Å². The van der Waals surface area contributed by atoms with Gasteiger partial charge in [0.1, 0.15) is 5.82 Å². The molecule has 1 saturated heterocycles. The molecule has 4 rings (SSSR count). The van der Waals surface area contributed by atoms with Gasteiger partial charge in [0.25, 0.3) is 0 Å². The predicted octanol–water partition coefficient (Wildman–Crippen LogP) is 4.41. The number of halogens is 1. The first-order chi connectivity index (χ1) is 15.9. The van der Waals surface area contributed by atoms with E-state index in [0.29, 0.717) is 26.2 Å². The van der Waals surface area contributed by atoms with Gasteiger partial charge in [0, 0.05) is 51.3 Å². The van der Waals surface area contributed by atoms with E-state index in [1.54, 1.807) is 16.0 Å². The number of carbonyl (C=O) groups is 2. The zero-order valence-corrected chi connectivity index (χ0v) is 20.1. The van der Waals surface area contributed by atoms with E-state index in [2.05, 4.69) is 4.98 Å². The molecular formula is C25H25ClN4O2S. The van der Waals surface area contributed by atoms with Crippen LogP contribution in [-0.2, 0) is 16.1 Å². The van der Waals surface area contributed by atoms with Crippen molar-refractivity contribution in [2.45, 2.75) is 6.54 Å². The van der Waals surface area contributed by atoms with Crippen molar-refractivity contribution < 1.29 is 9.59 Å². The summed E-state index contributed by atoms with van der Waals surface area (Å²) in [6.07, 6.45) is 5.61. The Morgan fingerprint density at radius 3 is 2.42 bits per heavy atom. The van der Waals surface area contributed by atoms with Gasteiger partial charge in [-0.1, -0.05) is 41.9 Å². The third-order valence-corrected chi connectivity index (χ3v) is 6.66. The molecule has 1 aliphatic heterocycles. The van der Waals surface area contributed by atoms with E-state index in [1.165, 1.54) is 11.3 Å². The Morgan fingerprint density at radius 2 is 1.73 bits per heavy atom. The van der Waals surface area contributed by atoms with Gasteiger partial charge >= 0.3 is 11.8 Å². The van der Waals surface area contributed by atoms with Gasteiger partial charge < -0.3 is 14.7 Å². The number of nitrogens with zero attached hydrogens (tertiary/aromatic N) is 4. The number of pyridine rings is 1. The van der Waals surface area contributed by atoms with Gasteiger partial charge in [-0.2, -0.15) is 0 Å². The smallest absolute Gasteiger partial charge is 0.312 e. The molecule has 6 nitrogen and oxygen atoms in total. The molecule has 0 N–H and O–H groups in total. The summed E-state index contributed by atoms with van der Waals surface area (Å²) in [5.74, 6) is -0.0185. The molecule has 0 radical (unpaired) electrons. The van der Waals surface area contributed by atoms with Crippen LogP contribution < -0.4 is 4.90 Å². The molecule has 1 fully saturated rings. The molecule has 1 aromatic carbocycles. The molecule has 8 heteroatoms. The number of hydrogen-bond donors (Lipinski definition) is 0. The summed E-state index contributed by atoms with van der Waals surface area (Å²) < 4.78 is 0.724. The number of rotatable bonds is 7. The molecule has 1 aliphatic rings. The largest absolute Gasteiger partial charge is 0.363 e. The summed E-state index contributed by atoms with van der Waals surface area (Å²) in [5.41, 5.74) is 3.15. The van der Waals surface area contributed by atoms with Crippen LogP contribution in [0.1, 0.15) is 10.4 Å². The van der Waals surface area contributed by atoms with E-state index in [4.69, 9.17) is 11.6 Å². The number of benzene rings is 1. The molecule has 0 unspecified atom stereocenters. The number of hydrogen-bond acceptors (Lipinski definition) is 5. The fourth-order valence-corrected chi connectivity index (χ4v) is 4.61. The lowest BCUT2D eigenvalue weighted by Gasteiger charge is -2.33. The van der Waals surface area contributed by atoms with Crippen LogP contribution in [0.4, 0.5) is 5.82 Å². The van der Waals surface area contributed by atoms with Crippen molar-refractivity contribution in [3.8, 4) is 11.1 Å². The lowest BCUT2D eigenvalue weighted by atomic mass is 10.0. The number of anilines is 1. The van der Waals surface area contributed by atoms with Gasteiger partial charge in [0.15, 0.2) is 0 Å². The Kier molecular flexibility index (Phi) is 7.11. The van der Waals surface area contributed by atoms with Crippen molar-refractivity contribution in [1.29, 1.82) is 0 Å². The Labute approximate surface area is 202 Å². The zero-order valence-electron chi connectivity index (χ0n) is 18.6. The lowest BCUT2D eigenvalue weighted by molar-refractivity contribution is -0.156. The second-order valence-corrected chi connectivity index (χ2v) is 9.76. The van der Waals surface area contributed by atoms with E-state index in [9.17, 15) is 9.59 Å². The molecule has 2 amide bonds. The first-order valence-electron chi connectivity index (χ1n) is 10.6. The zero-order chi connectivity index (χ0) is 23.4. The van der Waals surface area contributed by atoms with Crippen molar-refractivity contribution in [1.82, 2.24) is 14.8 Å². The number of amides is 2. The third kappa shape index (κ3) is 5.61. The van der Waals surface area contributed by atoms with E-state index < -0.39 is 11.8 Å². The Bertz CT molecular complexity index is 1170. The van der Waals surface area contributed by atoms with Crippen LogP contribution in [-0.4, -0.2) is 60.3 Å². The van der Waals surface area contributed by atoms with E-state index in [0.717, 1.165) is 31.7 Å². The average Bonchev–Trinajstić information content (AvgIpc) is 3.24. The van der Waals surface area contributed by atoms with Crippen LogP contribution in [0.3, 0.4) is 0 Å². The molecule has 0 atom stereocenters. The first-order valence-corrected chi connectivity index (χ1v) is 11.8. The van der Waals surface area contributed by atoms with Gasteiger partial charge in [-0.3, -0.25) is 9.59 Å². The van der Waals surface area contributed by atoms with Gasteiger partial charge in [-0.15, -0.1) is 11.3 Å². The van der Waals surface area contributed by atoms with Gasteiger partial charge in [-0.05, 0) is 47.0 Å². The second kappa shape index (κ2) is 10.2. The number of aromatic nitrogens is 1. The van der Waals surface area contributed by atoms with Crippen LogP contribution in [0, 0.1) is 0 Å². The summed E-state index contributed by atoms with van der Waals surface area (Å²) in [7, 11) is 3.92. The van der Waals surface area contributed by atoms with Crippen LogP contribution in [0.25, 0.3) is 17.2 Å². The monoisotopic (exact) mass is 480 g/mol. The molecule has 170 valence electrons. The lowest BCUT2D eigenvalue weighted by Crippen LogP contribution is -2.53. The normalized spacial score (nSPS) is 14.4. The van der Waals surface area contributed by atoms with Crippen LogP contribution in [0.15, 0.2) is 60.8 Å². The minimum Gasteiger partial charge on any atom is -0.363 e. The topological polar surface area (TPSA) is 56.8 Å². The molecule has 2 aromatic heterocycles. The molecular weight excluding hydrogens is 456 g/mol. The van der Waals surface area contributed by atoms with Crippen LogP contribution >= 0.6 is 22.9 Å². The number of carbonyl (C=O) groups excluding carboxylic acids is 2. The fraction of sp³-hybridized carbons (Fsp3) is 0.240. The quantitative estimate of drug-likeness (QED) is 0.470. The van der Waals surface area contributed by atoms with Gasteiger partial charge in [0.05, 0.1) is 4.34 Å². The Hall–Kier alpha value is -3.16. The predicted molar refractivity (Wildman–Crippen MR) is 134 cm³/mol. The minimum atomic E-state index is -0.459. The molecule has 0 saturated carbocycles. The minimum absolute atomic E-state index is 0.406. The molecule has 3 aromatic rings. The van der Waals surface area contributed by atoms with Crippen LogP contribution in [0.2, 0.25) is 4.34 Å². The molecule has 0 spiro atoms. The maximum Gasteiger partial charge on any atom is 0.312 e. The third-order valence-electron chi connectivity index (χ3n) is 5.46. The average molecular weight is 481 g/mol. The molecule has 33 heavy (non-hydrogen) atoms. The second-order valence-electron chi connectivity index (χ2n) is 8.02. The highest BCUT2D eigenvalue weighted by molar-refractivity contribution is 7.16. The van der Waals surface area contributed by atoms with Crippen molar-refractivity contribution in [3.05, 3.63) is 75.6 Å². The van der Waals surface area contributed by atoms with Crippen molar-refractivity contribution >= 4 is 46.6 Å². The number of piperazine rings is 1. The standard InChI is InChI=1S/C25H25ClN4O2S/c1-28(2)23-16-20(11-12-27-23)19-7-5-18(6-8-19)17-30-15-14-29(24(31)25(30)32)13-3-4-21-9-10-22(26)33-21/h3-12,16H,13-15,17H2,1-2H3. The summed E-state index contributed by atoms with van der Waals surface area (Å²) in [6.45, 7) is 1.86. The Balaban J connectivity index is 1.35. The molecule has 3 heterocycles. The highest BCUT2D eigenvalue weighted by Crippen LogP contribution is 2.24. The highest BCUT2D eigenvalue weighted by Gasteiger charge is 2.31. The number of thiophene rings is 1.